The van der Waals surface area contributed by atoms with Crippen molar-refractivity contribution in [2.24, 2.45) is 4.99 Å². The minimum absolute atomic E-state index is 0.179. The minimum Gasteiger partial charge on any atom is -0.390 e. The van der Waals surface area contributed by atoms with Crippen molar-refractivity contribution >= 4 is 23.8 Å². The van der Waals surface area contributed by atoms with Crippen molar-refractivity contribution in [2.45, 2.75) is 13.0 Å². The molecule has 0 spiro atoms. The number of aromatic nitrogens is 1. The van der Waals surface area contributed by atoms with Crippen LogP contribution in [0, 0.1) is 6.92 Å². The van der Waals surface area contributed by atoms with Gasteiger partial charge in [0.25, 0.3) is 17.8 Å². The van der Waals surface area contributed by atoms with E-state index < -0.39 is 12.1 Å². The molecule has 7 nitrogen and oxygen atoms in total. The predicted octanol–water partition coefficient (Wildman–Crippen LogP) is 0.540. The van der Waals surface area contributed by atoms with E-state index >= 15 is 0 Å². The van der Waals surface area contributed by atoms with Crippen LogP contribution < -0.4 is 4.57 Å². The van der Waals surface area contributed by atoms with Crippen LogP contribution >= 0.6 is 0 Å². The molecule has 1 atom stereocenters. The van der Waals surface area contributed by atoms with Gasteiger partial charge in [-0.15, -0.1) is 6.58 Å². The molecule has 1 fully saturated rings. The zero-order valence-electron chi connectivity index (χ0n) is 10.7. The lowest BCUT2D eigenvalue weighted by molar-refractivity contribution is -0.679. The Hall–Kier alpha value is -2.44. The summed E-state index contributed by atoms with van der Waals surface area (Å²) in [7, 11) is 1.59. The number of aliphatic imine (C=N–C) groups is 1. The molecule has 0 radical (unpaired) electrons. The summed E-state index contributed by atoms with van der Waals surface area (Å²) in [6.07, 6.45) is 3.23. The van der Waals surface area contributed by atoms with E-state index in [0.717, 1.165) is 4.90 Å². The van der Waals surface area contributed by atoms with Crippen LogP contribution in [-0.2, 0) is 4.79 Å². The molecule has 1 saturated heterocycles. The predicted molar refractivity (Wildman–Crippen MR) is 64.8 cm³/mol. The van der Waals surface area contributed by atoms with Crippen molar-refractivity contribution in [1.82, 2.24) is 9.80 Å². The molecular formula is C12H13N4O3+. The number of oxazole rings is 1. The number of urea groups is 1. The third-order valence-corrected chi connectivity index (χ3v) is 3.20. The van der Waals surface area contributed by atoms with Crippen molar-refractivity contribution in [3.05, 3.63) is 24.6 Å². The first-order chi connectivity index (χ1) is 9.04. The maximum atomic E-state index is 12.4. The van der Waals surface area contributed by atoms with E-state index in [1.54, 1.807) is 24.7 Å². The average Bonchev–Trinajstić information content (AvgIpc) is 2.87. The first kappa shape index (κ1) is 11.6. The fourth-order valence-corrected chi connectivity index (χ4v) is 2.33. The largest absolute Gasteiger partial charge is 0.506 e. The second-order valence-electron chi connectivity index (χ2n) is 4.48. The number of carbonyl (C=O) groups is 2. The van der Waals surface area contributed by atoms with Crippen molar-refractivity contribution < 1.29 is 18.6 Å². The molecule has 19 heavy (non-hydrogen) atoms. The van der Waals surface area contributed by atoms with Gasteiger partial charge in [-0.25, -0.2) is 4.79 Å². The molecular weight excluding hydrogens is 248 g/mol. The zero-order valence-corrected chi connectivity index (χ0v) is 10.7. The smallest absolute Gasteiger partial charge is 0.390 e. The molecule has 0 N–H and O–H groups in total. The summed E-state index contributed by atoms with van der Waals surface area (Å²) in [4.78, 5) is 31.2. The molecule has 1 aromatic rings. The van der Waals surface area contributed by atoms with Gasteiger partial charge in [0.15, 0.2) is 0 Å². The Labute approximate surface area is 109 Å². The first-order valence-electron chi connectivity index (χ1n) is 5.84. The Bertz CT molecular complexity index is 631. The molecule has 0 bridgehead atoms. The van der Waals surface area contributed by atoms with Gasteiger partial charge in [0.1, 0.15) is 12.0 Å². The fourth-order valence-electron chi connectivity index (χ4n) is 2.33. The summed E-state index contributed by atoms with van der Waals surface area (Å²) in [6, 6.07) is -0.691. The van der Waals surface area contributed by atoms with Crippen molar-refractivity contribution in [2.75, 3.05) is 13.6 Å². The molecule has 0 aliphatic carbocycles. The lowest BCUT2D eigenvalue weighted by Gasteiger charge is -2.31. The van der Waals surface area contributed by atoms with E-state index in [1.165, 1.54) is 11.0 Å². The van der Waals surface area contributed by atoms with Gasteiger partial charge in [-0.2, -0.15) is 4.57 Å². The molecule has 3 amide bonds. The zero-order chi connectivity index (χ0) is 13.7. The highest BCUT2D eigenvalue weighted by molar-refractivity contribution is 6.19. The lowest BCUT2D eigenvalue weighted by atomic mass is 10.1. The van der Waals surface area contributed by atoms with Gasteiger partial charge in [0.2, 0.25) is 0 Å². The highest BCUT2D eigenvalue weighted by Crippen LogP contribution is 2.28. The molecule has 3 heterocycles. The van der Waals surface area contributed by atoms with E-state index in [-0.39, 0.29) is 12.5 Å². The maximum Gasteiger partial charge on any atom is 0.506 e. The number of amides is 3. The molecule has 0 aromatic carbocycles. The quantitative estimate of drug-likeness (QED) is 0.576. The van der Waals surface area contributed by atoms with Crippen molar-refractivity contribution in [1.29, 1.82) is 0 Å². The first-order valence-corrected chi connectivity index (χ1v) is 5.84. The van der Waals surface area contributed by atoms with E-state index in [9.17, 15) is 9.59 Å². The van der Waals surface area contributed by atoms with Crippen molar-refractivity contribution in [3.8, 4) is 0 Å². The summed E-state index contributed by atoms with van der Waals surface area (Å²) in [5.74, 6) is 0.751. The Morgan fingerprint density at radius 3 is 3.00 bits per heavy atom. The van der Waals surface area contributed by atoms with E-state index in [0.29, 0.717) is 17.6 Å². The maximum absolute atomic E-state index is 12.4. The normalized spacial score (nSPS) is 21.4. The molecule has 1 unspecified atom stereocenters. The number of rotatable bonds is 2. The van der Waals surface area contributed by atoms with Crippen LogP contribution in [0.3, 0.4) is 0 Å². The minimum atomic E-state index is -0.630. The summed E-state index contributed by atoms with van der Waals surface area (Å²) in [5.41, 5.74) is 0. The number of hydrogen-bond acceptors (Lipinski definition) is 4. The van der Waals surface area contributed by atoms with Crippen LogP contribution in [0.4, 0.5) is 10.8 Å². The SMILES string of the molecule is C=CCN1C(=O)C2C(=Nc3oc(C)c[n+]32)N(C)C1=O. The van der Waals surface area contributed by atoms with Crippen LogP contribution in [0.2, 0.25) is 0 Å². The number of likely N-dealkylation sites (N-methyl/N-ethyl adjacent to an activating group) is 1. The second kappa shape index (κ2) is 3.78. The van der Waals surface area contributed by atoms with E-state index in [2.05, 4.69) is 11.6 Å². The van der Waals surface area contributed by atoms with Gasteiger partial charge in [-0.3, -0.25) is 14.6 Å². The molecule has 98 valence electrons. The highest BCUT2D eigenvalue weighted by Gasteiger charge is 2.54. The van der Waals surface area contributed by atoms with Crippen molar-refractivity contribution in [3.63, 3.8) is 0 Å². The number of nitrogens with zero attached hydrogens (tertiary/aromatic N) is 4. The molecule has 2 aliphatic rings. The number of fused-ring (bicyclic) bond motifs is 3. The third kappa shape index (κ3) is 1.44. The van der Waals surface area contributed by atoms with Crippen LogP contribution in [0.15, 0.2) is 28.3 Å². The standard InChI is InChI=1S/C12H13N4O3/c1-4-5-15-10(17)8-9(14(3)12(15)18)13-11-16(8)6-7(2)19-11/h4,6,8H,1,5H2,2-3H3/q+1. The topological polar surface area (TPSA) is 70.0 Å². The van der Waals surface area contributed by atoms with Gasteiger partial charge >= 0.3 is 12.0 Å². The molecule has 0 saturated carbocycles. The molecule has 3 rings (SSSR count). The molecule has 2 aliphatic heterocycles. The van der Waals surface area contributed by atoms with Crippen LogP contribution in [0.1, 0.15) is 11.8 Å². The monoisotopic (exact) mass is 261 g/mol. The molecule has 7 heteroatoms. The molecule has 1 aromatic heterocycles. The van der Waals surface area contributed by atoms with Crippen LogP contribution in [-0.4, -0.2) is 41.2 Å². The average molecular weight is 261 g/mol. The lowest BCUT2D eigenvalue weighted by Crippen LogP contribution is -2.62. The Morgan fingerprint density at radius 1 is 1.58 bits per heavy atom. The van der Waals surface area contributed by atoms with Gasteiger partial charge in [0.05, 0.1) is 0 Å². The van der Waals surface area contributed by atoms with Crippen LogP contribution in [0.5, 0.6) is 0 Å². The number of amidine groups is 1. The number of aryl methyl sites for hydroxylation is 1. The highest BCUT2D eigenvalue weighted by atomic mass is 16.4. The van der Waals surface area contributed by atoms with Gasteiger partial charge in [-0.05, 0) is 6.92 Å². The Kier molecular flexibility index (Phi) is 2.31. The fraction of sp³-hybridized carbons (Fsp3) is 0.333. The summed E-state index contributed by atoms with van der Waals surface area (Å²) in [6.45, 7) is 5.52. The summed E-state index contributed by atoms with van der Waals surface area (Å²) < 4.78 is 7.04. The summed E-state index contributed by atoms with van der Waals surface area (Å²) >= 11 is 0. The Morgan fingerprint density at radius 2 is 2.32 bits per heavy atom. The number of imide groups is 1. The van der Waals surface area contributed by atoms with E-state index in [1.807, 2.05) is 0 Å². The van der Waals surface area contributed by atoms with Gasteiger partial charge < -0.3 is 4.42 Å². The van der Waals surface area contributed by atoms with E-state index in [4.69, 9.17) is 4.42 Å². The van der Waals surface area contributed by atoms with Crippen LogP contribution in [0.25, 0.3) is 0 Å². The number of hydrogen-bond donors (Lipinski definition) is 0. The summed E-state index contributed by atoms with van der Waals surface area (Å²) in [5, 5.41) is 0. The van der Waals surface area contributed by atoms with Gasteiger partial charge in [-0.1, -0.05) is 6.08 Å². The second-order valence-corrected chi connectivity index (χ2v) is 4.48. The Balaban J connectivity index is 2.09. The number of carbonyl (C=O) groups excluding carboxylic acids is 2. The van der Waals surface area contributed by atoms with Gasteiger partial charge in [0, 0.05) is 18.6 Å². The third-order valence-electron chi connectivity index (χ3n) is 3.20.